The molecule has 1 aromatic rings. The molecule has 19 heavy (non-hydrogen) atoms. The molecule has 0 heterocycles. The maximum Gasteiger partial charge on any atom is 0.245 e. The van der Waals surface area contributed by atoms with Crippen molar-refractivity contribution in [3.63, 3.8) is 0 Å². The van der Waals surface area contributed by atoms with Crippen LogP contribution >= 0.6 is 0 Å². The van der Waals surface area contributed by atoms with E-state index in [9.17, 15) is 8.42 Å². The highest BCUT2D eigenvalue weighted by molar-refractivity contribution is 7.89. The number of sulfonamides is 1. The van der Waals surface area contributed by atoms with Crippen molar-refractivity contribution in [2.45, 2.75) is 39.5 Å². The molecule has 0 bridgehead atoms. The lowest BCUT2D eigenvalue weighted by Gasteiger charge is -2.27. The van der Waals surface area contributed by atoms with E-state index in [1.807, 2.05) is 33.8 Å². The lowest BCUT2D eigenvalue weighted by molar-refractivity contribution is 0.311. The predicted molar refractivity (Wildman–Crippen MR) is 79.6 cm³/mol. The first-order valence-corrected chi connectivity index (χ1v) is 7.73. The van der Waals surface area contributed by atoms with Crippen LogP contribution in [0.4, 0.5) is 5.69 Å². The number of hydrogen-bond donors (Lipinski definition) is 1. The van der Waals surface area contributed by atoms with Crippen LogP contribution in [0.5, 0.6) is 0 Å². The van der Waals surface area contributed by atoms with Gasteiger partial charge in [0.05, 0.1) is 5.69 Å². The number of rotatable bonds is 3. The van der Waals surface area contributed by atoms with Crippen molar-refractivity contribution in [1.29, 1.82) is 0 Å². The third-order valence-corrected chi connectivity index (χ3v) is 5.08. The maximum atomic E-state index is 12.6. The number of nitrogens with zero attached hydrogens (tertiary/aromatic N) is 1. The highest BCUT2D eigenvalue weighted by Crippen LogP contribution is 2.29. The van der Waals surface area contributed by atoms with Gasteiger partial charge in [0.15, 0.2) is 0 Å². The van der Waals surface area contributed by atoms with Crippen molar-refractivity contribution in [2.75, 3.05) is 19.3 Å². The molecule has 0 fully saturated rings. The van der Waals surface area contributed by atoms with E-state index in [2.05, 4.69) is 0 Å². The number of benzene rings is 1. The van der Waals surface area contributed by atoms with E-state index in [-0.39, 0.29) is 10.3 Å². The van der Waals surface area contributed by atoms with Crippen LogP contribution in [0, 0.1) is 19.3 Å². The Morgan fingerprint density at radius 1 is 1.21 bits per heavy atom. The van der Waals surface area contributed by atoms with E-state index in [4.69, 9.17) is 5.73 Å². The molecule has 0 atom stereocenters. The summed E-state index contributed by atoms with van der Waals surface area (Å²) in [5.41, 5.74) is 7.73. The van der Waals surface area contributed by atoms with Gasteiger partial charge in [-0.3, -0.25) is 0 Å². The molecule has 0 aromatic heterocycles. The molecule has 0 spiro atoms. The molecular weight excluding hydrogens is 260 g/mol. The van der Waals surface area contributed by atoms with E-state index in [1.54, 1.807) is 20.0 Å². The standard InChI is InChI=1S/C14H24N2O2S/c1-10-7-8-12(15)13(11(10)2)19(17,18)16(6)9-14(3,4)5/h7-8H,9,15H2,1-6H3. The van der Waals surface area contributed by atoms with E-state index >= 15 is 0 Å². The number of anilines is 1. The summed E-state index contributed by atoms with van der Waals surface area (Å²) in [7, 11) is -1.95. The molecule has 108 valence electrons. The molecule has 0 unspecified atom stereocenters. The Morgan fingerprint density at radius 2 is 1.74 bits per heavy atom. The molecule has 1 rings (SSSR count). The van der Waals surface area contributed by atoms with Gasteiger partial charge in [-0.25, -0.2) is 12.7 Å². The molecule has 0 aliphatic carbocycles. The van der Waals surface area contributed by atoms with Crippen molar-refractivity contribution in [3.8, 4) is 0 Å². The van der Waals surface area contributed by atoms with Crippen LogP contribution in [0.2, 0.25) is 0 Å². The van der Waals surface area contributed by atoms with Crippen LogP contribution in [0.1, 0.15) is 31.9 Å². The van der Waals surface area contributed by atoms with Crippen LogP contribution in [-0.2, 0) is 10.0 Å². The highest BCUT2D eigenvalue weighted by Gasteiger charge is 2.28. The molecular formula is C14H24N2O2S. The molecule has 0 saturated carbocycles. The van der Waals surface area contributed by atoms with Crippen LogP contribution < -0.4 is 5.73 Å². The van der Waals surface area contributed by atoms with Crippen molar-refractivity contribution in [2.24, 2.45) is 5.41 Å². The molecule has 5 heteroatoms. The van der Waals surface area contributed by atoms with Gasteiger partial charge in [0, 0.05) is 13.6 Å². The zero-order valence-corrected chi connectivity index (χ0v) is 13.4. The highest BCUT2D eigenvalue weighted by atomic mass is 32.2. The van der Waals surface area contributed by atoms with Crippen molar-refractivity contribution in [1.82, 2.24) is 4.31 Å². The monoisotopic (exact) mass is 284 g/mol. The van der Waals surface area contributed by atoms with Crippen molar-refractivity contribution in [3.05, 3.63) is 23.3 Å². The van der Waals surface area contributed by atoms with Gasteiger partial charge in [-0.05, 0) is 36.5 Å². The summed E-state index contributed by atoms with van der Waals surface area (Å²) in [5.74, 6) is 0. The second kappa shape index (κ2) is 5.13. The number of hydrogen-bond acceptors (Lipinski definition) is 3. The molecule has 0 saturated heterocycles. The fourth-order valence-corrected chi connectivity index (χ4v) is 3.85. The second-order valence-electron chi connectivity index (χ2n) is 6.25. The summed E-state index contributed by atoms with van der Waals surface area (Å²) < 4.78 is 26.7. The number of aryl methyl sites for hydroxylation is 1. The summed E-state index contributed by atoms with van der Waals surface area (Å²) >= 11 is 0. The lowest BCUT2D eigenvalue weighted by Crippen LogP contribution is -2.35. The molecule has 0 radical (unpaired) electrons. The average molecular weight is 284 g/mol. The first-order chi connectivity index (χ1) is 8.47. The molecule has 4 nitrogen and oxygen atoms in total. The minimum Gasteiger partial charge on any atom is -0.398 e. The summed E-state index contributed by atoms with van der Waals surface area (Å²) in [6.07, 6.45) is 0. The Morgan fingerprint density at radius 3 is 2.21 bits per heavy atom. The van der Waals surface area contributed by atoms with Crippen LogP contribution in [0.25, 0.3) is 0 Å². The van der Waals surface area contributed by atoms with E-state index in [1.165, 1.54) is 4.31 Å². The van der Waals surface area contributed by atoms with Gasteiger partial charge in [-0.2, -0.15) is 0 Å². The Labute approximate surface area is 116 Å². The molecule has 0 amide bonds. The first-order valence-electron chi connectivity index (χ1n) is 6.29. The van der Waals surface area contributed by atoms with Crippen LogP contribution in [0.3, 0.4) is 0 Å². The van der Waals surface area contributed by atoms with Gasteiger partial charge in [0.2, 0.25) is 10.0 Å². The molecule has 1 aromatic carbocycles. The topological polar surface area (TPSA) is 63.4 Å². The van der Waals surface area contributed by atoms with E-state index in [0.29, 0.717) is 12.2 Å². The van der Waals surface area contributed by atoms with Gasteiger partial charge >= 0.3 is 0 Å². The molecule has 2 N–H and O–H groups in total. The van der Waals surface area contributed by atoms with Gasteiger partial charge in [-0.1, -0.05) is 26.8 Å². The lowest BCUT2D eigenvalue weighted by atomic mass is 9.97. The fraction of sp³-hybridized carbons (Fsp3) is 0.571. The predicted octanol–water partition coefficient (Wildman–Crippen LogP) is 2.55. The third kappa shape index (κ3) is 3.48. The van der Waals surface area contributed by atoms with Gasteiger partial charge in [0.25, 0.3) is 0 Å². The van der Waals surface area contributed by atoms with E-state index in [0.717, 1.165) is 11.1 Å². The Hall–Kier alpha value is -1.07. The molecule has 0 aliphatic heterocycles. The van der Waals surface area contributed by atoms with Gasteiger partial charge < -0.3 is 5.73 Å². The van der Waals surface area contributed by atoms with Crippen LogP contribution in [0.15, 0.2) is 17.0 Å². The normalized spacial score (nSPS) is 13.0. The van der Waals surface area contributed by atoms with Crippen LogP contribution in [-0.4, -0.2) is 26.3 Å². The zero-order chi connectivity index (χ0) is 15.0. The summed E-state index contributed by atoms with van der Waals surface area (Å²) in [6, 6.07) is 3.49. The van der Waals surface area contributed by atoms with Gasteiger partial charge in [0.1, 0.15) is 4.90 Å². The largest absolute Gasteiger partial charge is 0.398 e. The first kappa shape index (κ1) is 16.0. The minimum atomic E-state index is -3.55. The average Bonchev–Trinajstić information content (AvgIpc) is 2.21. The molecule has 0 aliphatic rings. The number of nitrogen functional groups attached to an aromatic ring is 1. The minimum absolute atomic E-state index is 0.103. The fourth-order valence-electron chi connectivity index (χ4n) is 2.06. The van der Waals surface area contributed by atoms with E-state index < -0.39 is 10.0 Å². The zero-order valence-electron chi connectivity index (χ0n) is 12.6. The summed E-state index contributed by atoms with van der Waals surface area (Å²) in [4.78, 5) is 0.235. The Kier molecular flexibility index (Phi) is 4.32. The van der Waals surface area contributed by atoms with Crippen molar-refractivity contribution < 1.29 is 8.42 Å². The summed E-state index contributed by atoms with van der Waals surface area (Å²) in [6.45, 7) is 10.1. The Bertz CT molecular complexity index is 572. The number of nitrogens with two attached hydrogens (primary N) is 1. The quantitative estimate of drug-likeness (QED) is 0.868. The maximum absolute atomic E-state index is 12.6. The van der Waals surface area contributed by atoms with Crippen molar-refractivity contribution >= 4 is 15.7 Å². The SMILES string of the molecule is Cc1ccc(N)c(S(=O)(=O)N(C)CC(C)(C)C)c1C. The second-order valence-corrected chi connectivity index (χ2v) is 8.23. The Balaban J connectivity index is 3.33. The third-order valence-electron chi connectivity index (χ3n) is 3.07. The smallest absolute Gasteiger partial charge is 0.245 e. The summed E-state index contributed by atoms with van der Waals surface area (Å²) in [5, 5.41) is 0. The van der Waals surface area contributed by atoms with Gasteiger partial charge in [-0.15, -0.1) is 0 Å².